The first-order valence-electron chi connectivity index (χ1n) is 6.51. The molecule has 0 fully saturated rings. The van der Waals surface area contributed by atoms with Gasteiger partial charge in [0.1, 0.15) is 6.04 Å². The summed E-state index contributed by atoms with van der Waals surface area (Å²) in [5.41, 5.74) is 11.1. The van der Waals surface area contributed by atoms with E-state index in [2.05, 4.69) is 4.74 Å². The highest BCUT2D eigenvalue weighted by Gasteiger charge is 2.28. The molecule has 7 heteroatoms. The first-order chi connectivity index (χ1) is 9.97. The van der Waals surface area contributed by atoms with Crippen LogP contribution in [0.1, 0.15) is 40.0 Å². The summed E-state index contributed by atoms with van der Waals surface area (Å²) in [5, 5.41) is 8.33. The Bertz CT molecular complexity index is 497. The number of cyclic esters (lactones) is 2. The van der Waals surface area contributed by atoms with E-state index in [-0.39, 0.29) is 0 Å². The standard InChI is InChI=1S/C8H4O3.C6H14N2O2/c9-7-5-3-1-2-4-6(5)8(10)11-7;7-4-2-1-3-5(8)6(9)10/h1-4H;5H,1-4,7-8H2,(H,9,10). The second-order valence-electron chi connectivity index (χ2n) is 4.45. The smallest absolute Gasteiger partial charge is 0.346 e. The van der Waals surface area contributed by atoms with E-state index in [4.69, 9.17) is 16.6 Å². The van der Waals surface area contributed by atoms with E-state index in [1.54, 1.807) is 24.3 Å². The van der Waals surface area contributed by atoms with Gasteiger partial charge in [-0.3, -0.25) is 4.79 Å². The molecule has 0 saturated heterocycles. The minimum absolute atomic E-state index is 0.359. The van der Waals surface area contributed by atoms with Crippen molar-refractivity contribution in [2.75, 3.05) is 6.54 Å². The predicted molar refractivity (Wildman–Crippen MR) is 74.7 cm³/mol. The number of nitrogens with two attached hydrogens (primary N) is 2. The number of unbranched alkanes of at least 4 members (excludes halogenated alkanes) is 1. The Balaban J connectivity index is 0.000000212. The highest BCUT2D eigenvalue weighted by Crippen LogP contribution is 2.18. The predicted octanol–water partition coefficient (Wildman–Crippen LogP) is 0.525. The zero-order valence-electron chi connectivity index (χ0n) is 11.5. The van der Waals surface area contributed by atoms with Gasteiger partial charge in [0.15, 0.2) is 0 Å². The number of carboxylic acid groups (broad SMARTS) is 1. The van der Waals surface area contributed by atoms with Crippen LogP contribution in [-0.2, 0) is 9.53 Å². The Morgan fingerprint density at radius 1 is 1.14 bits per heavy atom. The Morgan fingerprint density at radius 3 is 2.10 bits per heavy atom. The molecular weight excluding hydrogens is 276 g/mol. The number of carbonyl (C=O) groups is 3. The SMILES string of the molecule is NCCCCC(N)C(=O)O.O=C1OC(=O)c2ccccc21. The third-order valence-electron chi connectivity index (χ3n) is 2.84. The number of fused-ring (bicyclic) bond motifs is 1. The first-order valence-corrected chi connectivity index (χ1v) is 6.51. The molecule has 2 rings (SSSR count). The van der Waals surface area contributed by atoms with E-state index < -0.39 is 23.9 Å². The van der Waals surface area contributed by atoms with Gasteiger partial charge in [-0.2, -0.15) is 0 Å². The third kappa shape index (κ3) is 4.97. The van der Waals surface area contributed by atoms with Crippen LogP contribution in [-0.4, -0.2) is 35.6 Å². The van der Waals surface area contributed by atoms with Crippen molar-refractivity contribution in [3.05, 3.63) is 35.4 Å². The van der Waals surface area contributed by atoms with Crippen molar-refractivity contribution < 1.29 is 24.2 Å². The van der Waals surface area contributed by atoms with Crippen LogP contribution in [0, 0.1) is 0 Å². The van der Waals surface area contributed by atoms with Crippen LogP contribution in [0.5, 0.6) is 0 Å². The highest BCUT2D eigenvalue weighted by molar-refractivity contribution is 6.14. The molecule has 7 nitrogen and oxygen atoms in total. The zero-order valence-corrected chi connectivity index (χ0v) is 11.5. The summed E-state index contributed by atoms with van der Waals surface area (Å²) in [6, 6.07) is 5.81. The van der Waals surface area contributed by atoms with E-state index in [1.165, 1.54) is 0 Å². The topological polar surface area (TPSA) is 133 Å². The number of hydrogen-bond acceptors (Lipinski definition) is 6. The van der Waals surface area contributed by atoms with E-state index in [9.17, 15) is 14.4 Å². The van der Waals surface area contributed by atoms with Crippen LogP contribution in [0.2, 0.25) is 0 Å². The number of carboxylic acids is 1. The molecule has 0 aromatic heterocycles. The lowest BCUT2D eigenvalue weighted by Crippen LogP contribution is -2.29. The number of aliphatic carboxylic acids is 1. The molecule has 0 radical (unpaired) electrons. The summed E-state index contributed by atoms with van der Waals surface area (Å²) < 4.78 is 4.35. The molecule has 5 N–H and O–H groups in total. The molecule has 1 aliphatic heterocycles. The summed E-state index contributed by atoms with van der Waals surface area (Å²) in [6.45, 7) is 0.604. The van der Waals surface area contributed by atoms with Gasteiger partial charge in [0, 0.05) is 0 Å². The van der Waals surface area contributed by atoms with Crippen LogP contribution >= 0.6 is 0 Å². The molecule has 21 heavy (non-hydrogen) atoms. The van der Waals surface area contributed by atoms with Gasteiger partial charge in [-0.1, -0.05) is 18.6 Å². The Kier molecular flexibility index (Phi) is 6.51. The quantitative estimate of drug-likeness (QED) is 0.409. The van der Waals surface area contributed by atoms with Crippen LogP contribution in [0.4, 0.5) is 0 Å². The number of ether oxygens (including phenoxy) is 1. The average Bonchev–Trinajstić information content (AvgIpc) is 2.75. The number of hydrogen-bond donors (Lipinski definition) is 3. The monoisotopic (exact) mass is 294 g/mol. The van der Waals surface area contributed by atoms with Gasteiger partial charge in [0.25, 0.3) is 0 Å². The van der Waals surface area contributed by atoms with Gasteiger partial charge in [-0.25, -0.2) is 9.59 Å². The third-order valence-corrected chi connectivity index (χ3v) is 2.84. The number of benzene rings is 1. The van der Waals surface area contributed by atoms with Crippen LogP contribution < -0.4 is 11.5 Å². The fourth-order valence-electron chi connectivity index (χ4n) is 1.67. The molecule has 1 unspecified atom stereocenters. The summed E-state index contributed by atoms with van der Waals surface area (Å²) in [5.74, 6) is -2.03. The molecule has 0 saturated carbocycles. The molecule has 1 aromatic carbocycles. The van der Waals surface area contributed by atoms with Crippen molar-refractivity contribution in [3.63, 3.8) is 0 Å². The number of esters is 2. The van der Waals surface area contributed by atoms with Gasteiger partial charge in [-0.15, -0.1) is 0 Å². The molecule has 1 heterocycles. The van der Waals surface area contributed by atoms with Crippen molar-refractivity contribution >= 4 is 17.9 Å². The van der Waals surface area contributed by atoms with Gasteiger partial charge in [0.05, 0.1) is 11.1 Å². The zero-order chi connectivity index (χ0) is 15.8. The first kappa shape index (κ1) is 16.8. The Labute approximate surface area is 121 Å². The van der Waals surface area contributed by atoms with Crippen molar-refractivity contribution in [1.29, 1.82) is 0 Å². The molecule has 1 atom stereocenters. The molecule has 0 aliphatic carbocycles. The van der Waals surface area contributed by atoms with Crippen molar-refractivity contribution in [3.8, 4) is 0 Å². The number of rotatable bonds is 5. The summed E-state index contributed by atoms with van der Waals surface area (Å²) >= 11 is 0. The lowest BCUT2D eigenvalue weighted by Gasteiger charge is -2.03. The van der Waals surface area contributed by atoms with Crippen molar-refractivity contribution in [2.24, 2.45) is 11.5 Å². The van der Waals surface area contributed by atoms with E-state index in [0.717, 1.165) is 12.8 Å². The minimum atomic E-state index is -0.933. The lowest BCUT2D eigenvalue weighted by atomic mass is 10.1. The van der Waals surface area contributed by atoms with Crippen LogP contribution in [0.3, 0.4) is 0 Å². The minimum Gasteiger partial charge on any atom is -0.480 e. The molecular formula is C14H18N2O5. The normalized spacial score (nSPS) is 13.8. The second-order valence-corrected chi connectivity index (χ2v) is 4.45. The Hall–Kier alpha value is -2.25. The van der Waals surface area contributed by atoms with Crippen molar-refractivity contribution in [2.45, 2.75) is 25.3 Å². The Morgan fingerprint density at radius 2 is 1.67 bits per heavy atom. The van der Waals surface area contributed by atoms with E-state index in [0.29, 0.717) is 24.1 Å². The molecule has 1 aliphatic rings. The highest BCUT2D eigenvalue weighted by atomic mass is 16.6. The molecule has 114 valence electrons. The summed E-state index contributed by atoms with van der Waals surface area (Å²) in [7, 11) is 0. The molecule has 1 aromatic rings. The lowest BCUT2D eigenvalue weighted by molar-refractivity contribution is -0.138. The maximum atomic E-state index is 10.8. The maximum absolute atomic E-state index is 10.8. The summed E-state index contributed by atoms with van der Waals surface area (Å²) in [6.07, 6.45) is 2.16. The van der Waals surface area contributed by atoms with E-state index in [1.807, 2.05) is 0 Å². The van der Waals surface area contributed by atoms with Gasteiger partial charge >= 0.3 is 17.9 Å². The second kappa shape index (κ2) is 8.13. The average molecular weight is 294 g/mol. The fraction of sp³-hybridized carbons (Fsp3) is 0.357. The largest absolute Gasteiger partial charge is 0.480 e. The van der Waals surface area contributed by atoms with Gasteiger partial charge < -0.3 is 21.3 Å². The van der Waals surface area contributed by atoms with E-state index >= 15 is 0 Å². The van der Waals surface area contributed by atoms with Gasteiger partial charge in [0.2, 0.25) is 0 Å². The maximum Gasteiger partial charge on any atom is 0.346 e. The fourth-order valence-corrected chi connectivity index (χ4v) is 1.67. The molecule has 0 bridgehead atoms. The molecule has 0 amide bonds. The molecule has 0 spiro atoms. The number of carbonyl (C=O) groups excluding carboxylic acids is 2. The van der Waals surface area contributed by atoms with Crippen LogP contribution in [0.15, 0.2) is 24.3 Å². The van der Waals surface area contributed by atoms with Crippen LogP contribution in [0.25, 0.3) is 0 Å². The van der Waals surface area contributed by atoms with Crippen molar-refractivity contribution in [1.82, 2.24) is 0 Å². The summed E-state index contributed by atoms with van der Waals surface area (Å²) in [4.78, 5) is 31.8. The van der Waals surface area contributed by atoms with Gasteiger partial charge in [-0.05, 0) is 31.5 Å².